The minimum atomic E-state index is -1.74. The fourth-order valence-electron chi connectivity index (χ4n) is 2.08. The van der Waals surface area contributed by atoms with Gasteiger partial charge in [0, 0.05) is 0 Å². The van der Waals surface area contributed by atoms with E-state index in [1.54, 1.807) is 12.1 Å². The van der Waals surface area contributed by atoms with E-state index in [0.29, 0.717) is 12.2 Å². The maximum Gasteiger partial charge on any atom is 0.335 e. The Morgan fingerprint density at radius 1 is 0.958 bits per heavy atom. The van der Waals surface area contributed by atoms with Crippen molar-refractivity contribution in [1.29, 1.82) is 0 Å². The zero-order chi connectivity index (χ0) is 18.0. The lowest BCUT2D eigenvalue weighted by Crippen LogP contribution is -2.40. The van der Waals surface area contributed by atoms with E-state index >= 15 is 0 Å². The molecule has 4 heteroatoms. The molecule has 2 aromatic carbocycles. The normalized spacial score (nSPS) is 12.2. The summed E-state index contributed by atoms with van der Waals surface area (Å²) in [6.07, 6.45) is 0. The summed E-state index contributed by atoms with van der Waals surface area (Å²) >= 11 is 0. The van der Waals surface area contributed by atoms with E-state index in [2.05, 4.69) is 58.1 Å². The van der Waals surface area contributed by atoms with Gasteiger partial charge in [-0.25, -0.2) is 4.79 Å². The highest BCUT2D eigenvalue weighted by Crippen LogP contribution is 2.37. The summed E-state index contributed by atoms with van der Waals surface area (Å²) in [6.45, 7) is 11.9. The Morgan fingerprint density at radius 2 is 1.42 bits per heavy atom. The lowest BCUT2D eigenvalue weighted by atomic mass is 10.0. The van der Waals surface area contributed by atoms with E-state index in [1.807, 2.05) is 12.1 Å². The Morgan fingerprint density at radius 3 is 1.83 bits per heavy atom. The number of aromatic carboxylic acids is 1. The molecule has 0 saturated heterocycles. The number of carbonyl (C=O) groups is 1. The number of hydrogen-bond acceptors (Lipinski definition) is 2. The van der Waals surface area contributed by atoms with Gasteiger partial charge < -0.3 is 9.53 Å². The van der Waals surface area contributed by atoms with Gasteiger partial charge in [0.25, 0.3) is 0 Å². The molecule has 2 rings (SSSR count). The lowest BCUT2D eigenvalue weighted by molar-refractivity contribution is 0.0697. The molecule has 0 aliphatic heterocycles. The predicted molar refractivity (Wildman–Crippen MR) is 101 cm³/mol. The van der Waals surface area contributed by atoms with Crippen molar-refractivity contribution in [3.05, 3.63) is 59.7 Å². The zero-order valence-corrected chi connectivity index (χ0v) is 16.1. The molecule has 0 amide bonds. The molecular weight excluding hydrogens is 316 g/mol. The van der Waals surface area contributed by atoms with Gasteiger partial charge in [0.05, 0.1) is 12.2 Å². The number of hydrogen-bond donors (Lipinski definition) is 1. The van der Waals surface area contributed by atoms with Crippen LogP contribution >= 0.6 is 0 Å². The van der Waals surface area contributed by atoms with E-state index in [0.717, 1.165) is 16.7 Å². The number of carboxylic acids is 1. The second-order valence-corrected chi connectivity index (χ2v) is 12.4. The summed E-state index contributed by atoms with van der Waals surface area (Å²) in [5, 5.41) is 9.16. The van der Waals surface area contributed by atoms with E-state index in [1.165, 1.54) is 0 Å². The van der Waals surface area contributed by atoms with Crippen LogP contribution in [0.1, 0.15) is 36.7 Å². The van der Waals surface area contributed by atoms with Crippen molar-refractivity contribution < 1.29 is 14.3 Å². The third kappa shape index (κ3) is 4.33. The molecule has 1 N–H and O–H groups in total. The average Bonchev–Trinajstić information content (AvgIpc) is 2.52. The largest absolute Gasteiger partial charge is 0.478 e. The van der Waals surface area contributed by atoms with Crippen LogP contribution in [0.15, 0.2) is 48.5 Å². The van der Waals surface area contributed by atoms with Crippen LogP contribution in [0, 0.1) is 0 Å². The van der Waals surface area contributed by atoms with Crippen molar-refractivity contribution in [3.8, 4) is 11.1 Å². The molecule has 0 heterocycles. The van der Waals surface area contributed by atoms with Crippen LogP contribution in [0.2, 0.25) is 18.1 Å². The van der Waals surface area contributed by atoms with Crippen LogP contribution in [0.4, 0.5) is 0 Å². The molecule has 0 saturated carbocycles. The molecule has 0 radical (unpaired) electrons. The summed E-state index contributed by atoms with van der Waals surface area (Å²) in [4.78, 5) is 10.9. The van der Waals surface area contributed by atoms with Gasteiger partial charge >= 0.3 is 5.97 Å². The zero-order valence-electron chi connectivity index (χ0n) is 15.1. The number of rotatable bonds is 5. The van der Waals surface area contributed by atoms with Gasteiger partial charge in [-0.15, -0.1) is 0 Å². The Hall–Kier alpha value is -1.91. The fraction of sp³-hybridized carbons (Fsp3) is 0.350. The lowest BCUT2D eigenvalue weighted by Gasteiger charge is -2.36. The van der Waals surface area contributed by atoms with E-state index in [-0.39, 0.29) is 5.04 Å². The highest BCUT2D eigenvalue weighted by atomic mass is 28.4. The third-order valence-electron chi connectivity index (χ3n) is 4.82. The van der Waals surface area contributed by atoms with Crippen LogP contribution in [-0.4, -0.2) is 19.4 Å². The molecule has 0 unspecified atom stereocenters. The second kappa shape index (κ2) is 6.91. The summed E-state index contributed by atoms with van der Waals surface area (Å²) in [5.74, 6) is -0.903. The SMILES string of the molecule is CC(C)(C)[Si](C)(C)OCc1ccc(-c2ccc(C(=O)O)cc2)cc1. The molecule has 3 nitrogen and oxygen atoms in total. The number of carboxylic acid groups (broad SMARTS) is 1. The molecule has 128 valence electrons. The summed E-state index contributed by atoms with van der Waals surface area (Å²) in [7, 11) is -1.74. The molecular formula is C20H26O3Si. The van der Waals surface area contributed by atoms with Gasteiger partial charge in [0.15, 0.2) is 8.32 Å². The minimum Gasteiger partial charge on any atom is -0.478 e. The molecule has 0 spiro atoms. The van der Waals surface area contributed by atoms with E-state index < -0.39 is 14.3 Å². The van der Waals surface area contributed by atoms with Gasteiger partial charge in [-0.2, -0.15) is 0 Å². The first-order valence-electron chi connectivity index (χ1n) is 8.17. The Labute approximate surface area is 145 Å². The summed E-state index contributed by atoms with van der Waals surface area (Å²) < 4.78 is 6.24. The first kappa shape index (κ1) is 18.4. The highest BCUT2D eigenvalue weighted by Gasteiger charge is 2.36. The summed E-state index contributed by atoms with van der Waals surface area (Å²) in [6, 6.07) is 15.2. The van der Waals surface area contributed by atoms with Crippen molar-refractivity contribution >= 4 is 14.3 Å². The highest BCUT2D eigenvalue weighted by molar-refractivity contribution is 6.74. The standard InChI is InChI=1S/C20H26O3Si/c1-20(2,3)24(4,5)23-14-15-6-8-16(9-7-15)17-10-12-18(13-11-17)19(21)22/h6-13H,14H2,1-5H3,(H,21,22). The van der Waals surface area contributed by atoms with Gasteiger partial charge in [-0.3, -0.25) is 0 Å². The van der Waals surface area contributed by atoms with Crippen molar-refractivity contribution in [2.45, 2.75) is 45.5 Å². The van der Waals surface area contributed by atoms with Crippen molar-refractivity contribution in [3.63, 3.8) is 0 Å². The monoisotopic (exact) mass is 342 g/mol. The maximum absolute atomic E-state index is 10.9. The first-order valence-corrected chi connectivity index (χ1v) is 11.1. The molecule has 0 fully saturated rings. The maximum atomic E-state index is 10.9. The molecule has 24 heavy (non-hydrogen) atoms. The van der Waals surface area contributed by atoms with Crippen LogP contribution in [-0.2, 0) is 11.0 Å². The topological polar surface area (TPSA) is 46.5 Å². The van der Waals surface area contributed by atoms with Crippen LogP contribution in [0.5, 0.6) is 0 Å². The molecule has 0 atom stereocenters. The van der Waals surface area contributed by atoms with Crippen molar-refractivity contribution in [1.82, 2.24) is 0 Å². The van der Waals surface area contributed by atoms with Gasteiger partial charge in [0.1, 0.15) is 0 Å². The Kier molecular flexibility index (Phi) is 5.31. The van der Waals surface area contributed by atoms with Gasteiger partial charge in [-0.05, 0) is 47.0 Å². The van der Waals surface area contributed by atoms with E-state index in [4.69, 9.17) is 9.53 Å². The Bertz CT molecular complexity index is 695. The quantitative estimate of drug-likeness (QED) is 0.722. The first-order chi connectivity index (χ1) is 11.1. The molecule has 0 aliphatic carbocycles. The summed E-state index contributed by atoms with van der Waals surface area (Å²) in [5.41, 5.74) is 3.55. The Balaban J connectivity index is 2.07. The van der Waals surface area contributed by atoms with Crippen LogP contribution in [0.3, 0.4) is 0 Å². The van der Waals surface area contributed by atoms with Gasteiger partial charge in [0.2, 0.25) is 0 Å². The fourth-order valence-corrected chi connectivity index (χ4v) is 3.04. The average molecular weight is 343 g/mol. The van der Waals surface area contributed by atoms with Crippen molar-refractivity contribution in [2.75, 3.05) is 0 Å². The van der Waals surface area contributed by atoms with Gasteiger partial charge in [-0.1, -0.05) is 57.2 Å². The smallest absolute Gasteiger partial charge is 0.335 e. The molecule has 0 aromatic heterocycles. The second-order valence-electron chi connectivity index (χ2n) is 7.63. The molecule has 0 bridgehead atoms. The van der Waals surface area contributed by atoms with Crippen molar-refractivity contribution in [2.24, 2.45) is 0 Å². The third-order valence-corrected chi connectivity index (χ3v) is 9.30. The molecule has 2 aromatic rings. The van der Waals surface area contributed by atoms with Crippen LogP contribution in [0.25, 0.3) is 11.1 Å². The minimum absolute atomic E-state index is 0.207. The van der Waals surface area contributed by atoms with E-state index in [9.17, 15) is 4.79 Å². The number of benzene rings is 2. The molecule has 0 aliphatic rings. The predicted octanol–water partition coefficient (Wildman–Crippen LogP) is 5.57. The van der Waals surface area contributed by atoms with Crippen LogP contribution < -0.4 is 0 Å².